The molecular weight excluding hydrogens is 240 g/mol. The Labute approximate surface area is 117 Å². The third-order valence-electron chi connectivity index (χ3n) is 3.60. The second-order valence-corrected chi connectivity index (χ2v) is 6.09. The molecule has 19 heavy (non-hydrogen) atoms. The van der Waals surface area contributed by atoms with Gasteiger partial charge in [0.15, 0.2) is 0 Å². The maximum absolute atomic E-state index is 12.4. The van der Waals surface area contributed by atoms with E-state index >= 15 is 0 Å². The SMILES string of the molecule is CCNC(CN(C)CC(C)C)(C(=O)OCC)C1CC1. The Balaban J connectivity index is 2.80. The standard InChI is InChI=1S/C15H30N2O2/c1-6-16-15(13-8-9-13,14(18)19-7-2)11-17(5)10-12(3)4/h12-13,16H,6-11H2,1-5H3. The minimum atomic E-state index is -0.506. The van der Waals surface area contributed by atoms with Crippen molar-refractivity contribution < 1.29 is 9.53 Å². The smallest absolute Gasteiger partial charge is 0.327 e. The van der Waals surface area contributed by atoms with E-state index in [2.05, 4.69) is 38.0 Å². The Morgan fingerprint density at radius 3 is 2.47 bits per heavy atom. The molecule has 1 fully saturated rings. The van der Waals surface area contributed by atoms with Gasteiger partial charge in [-0.3, -0.25) is 0 Å². The van der Waals surface area contributed by atoms with Gasteiger partial charge in [-0.25, -0.2) is 4.79 Å². The van der Waals surface area contributed by atoms with Gasteiger partial charge in [-0.2, -0.15) is 0 Å². The summed E-state index contributed by atoms with van der Waals surface area (Å²) in [5, 5.41) is 3.43. The molecule has 0 aromatic heterocycles. The zero-order chi connectivity index (χ0) is 14.5. The van der Waals surface area contributed by atoms with E-state index in [1.54, 1.807) is 0 Å². The van der Waals surface area contributed by atoms with Crippen LogP contribution in [0, 0.1) is 11.8 Å². The molecule has 0 spiro atoms. The van der Waals surface area contributed by atoms with Crippen LogP contribution in [0.25, 0.3) is 0 Å². The molecule has 0 heterocycles. The number of hydrogen-bond donors (Lipinski definition) is 1. The van der Waals surface area contributed by atoms with Crippen molar-refractivity contribution >= 4 is 5.97 Å². The largest absolute Gasteiger partial charge is 0.465 e. The molecule has 0 bridgehead atoms. The number of esters is 1. The molecule has 0 aromatic rings. The molecule has 1 unspecified atom stereocenters. The van der Waals surface area contributed by atoms with Gasteiger partial charge < -0.3 is 15.0 Å². The molecule has 0 aliphatic heterocycles. The molecule has 0 radical (unpaired) electrons. The van der Waals surface area contributed by atoms with Crippen LogP contribution in [0.5, 0.6) is 0 Å². The molecule has 1 saturated carbocycles. The van der Waals surface area contributed by atoms with Crippen molar-refractivity contribution in [3.63, 3.8) is 0 Å². The highest BCUT2D eigenvalue weighted by Gasteiger charge is 2.52. The average molecular weight is 270 g/mol. The molecule has 1 aliphatic carbocycles. The highest BCUT2D eigenvalue weighted by Crippen LogP contribution is 2.41. The number of carbonyl (C=O) groups is 1. The Bertz CT molecular complexity index is 290. The third kappa shape index (κ3) is 4.46. The van der Waals surface area contributed by atoms with Crippen LogP contribution in [-0.2, 0) is 9.53 Å². The molecular formula is C15H30N2O2. The summed E-state index contributed by atoms with van der Waals surface area (Å²) < 4.78 is 5.34. The lowest BCUT2D eigenvalue weighted by Gasteiger charge is -2.36. The summed E-state index contributed by atoms with van der Waals surface area (Å²) in [5.74, 6) is 0.960. The summed E-state index contributed by atoms with van der Waals surface area (Å²) in [6, 6.07) is 0. The van der Waals surface area contributed by atoms with Crippen LogP contribution in [0.1, 0.15) is 40.5 Å². The fraction of sp³-hybridized carbons (Fsp3) is 0.933. The van der Waals surface area contributed by atoms with E-state index in [9.17, 15) is 4.79 Å². The van der Waals surface area contributed by atoms with Crippen LogP contribution < -0.4 is 5.32 Å². The number of nitrogens with zero attached hydrogens (tertiary/aromatic N) is 1. The van der Waals surface area contributed by atoms with Crippen molar-refractivity contribution in [2.24, 2.45) is 11.8 Å². The van der Waals surface area contributed by atoms with E-state index in [-0.39, 0.29) is 5.97 Å². The molecule has 0 saturated heterocycles. The molecule has 1 rings (SSSR count). The first-order valence-corrected chi connectivity index (χ1v) is 7.57. The number of hydrogen-bond acceptors (Lipinski definition) is 4. The summed E-state index contributed by atoms with van der Waals surface area (Å²) in [4.78, 5) is 14.7. The molecule has 4 heteroatoms. The van der Waals surface area contributed by atoms with Crippen molar-refractivity contribution in [1.82, 2.24) is 10.2 Å². The third-order valence-corrected chi connectivity index (χ3v) is 3.60. The summed E-state index contributed by atoms with van der Waals surface area (Å²) in [6.07, 6.45) is 2.25. The number of rotatable bonds is 9. The minimum Gasteiger partial charge on any atom is -0.465 e. The van der Waals surface area contributed by atoms with E-state index in [1.807, 2.05) is 6.92 Å². The fourth-order valence-corrected chi connectivity index (χ4v) is 2.90. The number of likely N-dealkylation sites (N-methyl/N-ethyl adjacent to an activating group) is 2. The van der Waals surface area contributed by atoms with Crippen LogP contribution in [0.3, 0.4) is 0 Å². The van der Waals surface area contributed by atoms with Gasteiger partial charge in [0.25, 0.3) is 0 Å². The van der Waals surface area contributed by atoms with Gasteiger partial charge in [-0.05, 0) is 45.2 Å². The van der Waals surface area contributed by atoms with E-state index in [0.29, 0.717) is 18.4 Å². The summed E-state index contributed by atoms with van der Waals surface area (Å²) >= 11 is 0. The molecule has 4 nitrogen and oxygen atoms in total. The van der Waals surface area contributed by atoms with Crippen molar-refractivity contribution in [2.75, 3.05) is 33.3 Å². The summed E-state index contributed by atoms with van der Waals surface area (Å²) in [5.41, 5.74) is -0.506. The highest BCUT2D eigenvalue weighted by atomic mass is 16.5. The Morgan fingerprint density at radius 2 is 2.05 bits per heavy atom. The van der Waals surface area contributed by atoms with E-state index in [1.165, 1.54) is 0 Å². The van der Waals surface area contributed by atoms with E-state index in [0.717, 1.165) is 32.5 Å². The number of nitrogens with one attached hydrogen (secondary N) is 1. The van der Waals surface area contributed by atoms with Crippen LogP contribution in [0.4, 0.5) is 0 Å². The topological polar surface area (TPSA) is 41.6 Å². The monoisotopic (exact) mass is 270 g/mol. The molecule has 0 aromatic carbocycles. The molecule has 1 atom stereocenters. The minimum absolute atomic E-state index is 0.0741. The fourth-order valence-electron chi connectivity index (χ4n) is 2.90. The summed E-state index contributed by atoms with van der Waals surface area (Å²) in [7, 11) is 2.09. The average Bonchev–Trinajstić information content (AvgIpc) is 3.11. The van der Waals surface area contributed by atoms with Gasteiger partial charge in [0.2, 0.25) is 0 Å². The number of ether oxygens (including phenoxy) is 1. The Kier molecular flexibility index (Phi) is 6.27. The maximum atomic E-state index is 12.4. The highest BCUT2D eigenvalue weighted by molar-refractivity contribution is 5.82. The van der Waals surface area contributed by atoms with Crippen molar-refractivity contribution in [2.45, 2.75) is 46.1 Å². The second kappa shape index (κ2) is 7.25. The molecule has 1 N–H and O–H groups in total. The van der Waals surface area contributed by atoms with Crippen molar-refractivity contribution in [3.05, 3.63) is 0 Å². The van der Waals surface area contributed by atoms with Gasteiger partial charge in [0, 0.05) is 13.1 Å². The van der Waals surface area contributed by atoms with Crippen LogP contribution in [0.15, 0.2) is 0 Å². The normalized spacial score (nSPS) is 18.7. The molecule has 112 valence electrons. The van der Waals surface area contributed by atoms with Gasteiger partial charge in [0.05, 0.1) is 6.61 Å². The number of carbonyl (C=O) groups excluding carboxylic acids is 1. The lowest BCUT2D eigenvalue weighted by molar-refractivity contribution is -0.153. The van der Waals surface area contributed by atoms with Gasteiger partial charge >= 0.3 is 5.97 Å². The maximum Gasteiger partial charge on any atom is 0.327 e. The van der Waals surface area contributed by atoms with Crippen LogP contribution >= 0.6 is 0 Å². The zero-order valence-electron chi connectivity index (χ0n) is 13.2. The van der Waals surface area contributed by atoms with Gasteiger partial charge in [-0.15, -0.1) is 0 Å². The van der Waals surface area contributed by atoms with Crippen molar-refractivity contribution in [3.8, 4) is 0 Å². The first kappa shape index (κ1) is 16.4. The van der Waals surface area contributed by atoms with E-state index in [4.69, 9.17) is 4.74 Å². The lowest BCUT2D eigenvalue weighted by Crippen LogP contribution is -2.61. The molecule has 1 aliphatic rings. The first-order chi connectivity index (χ1) is 8.96. The quantitative estimate of drug-likeness (QED) is 0.650. The Morgan fingerprint density at radius 1 is 1.42 bits per heavy atom. The Hall–Kier alpha value is -0.610. The van der Waals surface area contributed by atoms with Gasteiger partial charge in [-0.1, -0.05) is 20.8 Å². The zero-order valence-corrected chi connectivity index (χ0v) is 13.2. The van der Waals surface area contributed by atoms with Gasteiger partial charge in [0.1, 0.15) is 5.54 Å². The molecule has 0 amide bonds. The predicted molar refractivity (Wildman–Crippen MR) is 78.1 cm³/mol. The van der Waals surface area contributed by atoms with Crippen LogP contribution in [0.2, 0.25) is 0 Å². The van der Waals surface area contributed by atoms with Crippen LogP contribution in [-0.4, -0.2) is 49.7 Å². The first-order valence-electron chi connectivity index (χ1n) is 7.57. The van der Waals surface area contributed by atoms with Crippen molar-refractivity contribution in [1.29, 1.82) is 0 Å². The summed E-state index contributed by atoms with van der Waals surface area (Å²) in [6.45, 7) is 11.3. The predicted octanol–water partition coefficient (Wildman–Crippen LogP) is 1.90. The second-order valence-electron chi connectivity index (χ2n) is 6.09. The lowest BCUT2D eigenvalue weighted by atomic mass is 9.92. The van der Waals surface area contributed by atoms with E-state index < -0.39 is 5.54 Å².